The van der Waals surface area contributed by atoms with Gasteiger partial charge in [-0.2, -0.15) is 0 Å². The van der Waals surface area contributed by atoms with Crippen LogP contribution in [0, 0.1) is 0 Å². The van der Waals surface area contributed by atoms with Crippen molar-refractivity contribution in [2.75, 3.05) is 12.4 Å². The van der Waals surface area contributed by atoms with Gasteiger partial charge in [0.15, 0.2) is 0 Å². The molecular formula is C20H21NO3S. The number of imide groups is 1. The predicted octanol–water partition coefficient (Wildman–Crippen LogP) is 4.15. The predicted molar refractivity (Wildman–Crippen MR) is 98.5 cm³/mol. The molecule has 2 aromatic rings. The Morgan fingerprint density at radius 1 is 1.08 bits per heavy atom. The van der Waals surface area contributed by atoms with E-state index < -0.39 is 6.09 Å². The molecule has 0 aliphatic carbocycles. The Hall–Kier alpha value is -2.27. The molecule has 1 aliphatic heterocycles. The number of nitrogens with zero attached hydrogens (tertiary/aromatic N) is 1. The second-order valence-electron chi connectivity index (χ2n) is 5.95. The first kappa shape index (κ1) is 17.5. The van der Waals surface area contributed by atoms with Crippen LogP contribution in [0.1, 0.15) is 18.4 Å². The molecule has 2 aromatic carbocycles. The van der Waals surface area contributed by atoms with Gasteiger partial charge in [0.2, 0.25) is 5.91 Å². The third-order valence-corrected chi connectivity index (χ3v) is 5.19. The molecule has 0 radical (unpaired) electrons. The van der Waals surface area contributed by atoms with Gasteiger partial charge >= 0.3 is 6.09 Å². The summed E-state index contributed by atoms with van der Waals surface area (Å²) in [6.45, 7) is 0.276. The number of cyclic esters (lactones) is 1. The Morgan fingerprint density at radius 3 is 2.48 bits per heavy atom. The highest BCUT2D eigenvalue weighted by Gasteiger charge is 2.37. The molecule has 1 atom stereocenters. The van der Waals surface area contributed by atoms with E-state index in [-0.39, 0.29) is 18.6 Å². The Kier molecular flexibility index (Phi) is 6.12. The van der Waals surface area contributed by atoms with E-state index in [2.05, 4.69) is 12.1 Å². The van der Waals surface area contributed by atoms with E-state index in [1.807, 2.05) is 48.5 Å². The highest BCUT2D eigenvalue weighted by Crippen LogP contribution is 2.21. The summed E-state index contributed by atoms with van der Waals surface area (Å²) in [5.74, 6) is 0.708. The van der Waals surface area contributed by atoms with Crippen LogP contribution in [0.2, 0.25) is 0 Å². The van der Waals surface area contributed by atoms with Crippen molar-refractivity contribution < 1.29 is 14.3 Å². The summed E-state index contributed by atoms with van der Waals surface area (Å²) < 4.78 is 5.11. The van der Waals surface area contributed by atoms with Gasteiger partial charge < -0.3 is 4.74 Å². The Morgan fingerprint density at radius 2 is 1.76 bits per heavy atom. The molecular weight excluding hydrogens is 334 g/mol. The molecule has 0 spiro atoms. The molecule has 0 N–H and O–H groups in total. The van der Waals surface area contributed by atoms with E-state index in [0.29, 0.717) is 12.8 Å². The van der Waals surface area contributed by atoms with E-state index >= 15 is 0 Å². The summed E-state index contributed by atoms with van der Waals surface area (Å²) in [6, 6.07) is 19.8. The molecule has 5 heteroatoms. The maximum Gasteiger partial charge on any atom is 0.416 e. The van der Waals surface area contributed by atoms with Crippen LogP contribution in [0.25, 0.3) is 0 Å². The maximum absolute atomic E-state index is 12.5. The molecule has 1 saturated heterocycles. The van der Waals surface area contributed by atoms with Crippen molar-refractivity contribution in [2.24, 2.45) is 0 Å². The fourth-order valence-corrected chi connectivity index (χ4v) is 3.73. The van der Waals surface area contributed by atoms with Crippen molar-refractivity contribution in [3.05, 3.63) is 66.2 Å². The summed E-state index contributed by atoms with van der Waals surface area (Å²) in [4.78, 5) is 26.9. The molecule has 2 amide bonds. The number of hydrogen-bond donors (Lipinski definition) is 0. The number of hydrogen-bond acceptors (Lipinski definition) is 4. The van der Waals surface area contributed by atoms with Gasteiger partial charge in [-0.1, -0.05) is 48.5 Å². The summed E-state index contributed by atoms with van der Waals surface area (Å²) in [5, 5.41) is 0. The van der Waals surface area contributed by atoms with E-state index in [4.69, 9.17) is 4.74 Å². The smallest absolute Gasteiger partial charge is 0.416 e. The van der Waals surface area contributed by atoms with Crippen LogP contribution in [-0.2, 0) is 16.0 Å². The molecule has 3 rings (SSSR count). The number of rotatable bonds is 7. The van der Waals surface area contributed by atoms with Gasteiger partial charge in [0.25, 0.3) is 0 Å². The standard InChI is InChI=1S/C20H21NO3S/c22-19(12-7-13-25-18-10-5-2-6-11-18)21-17(15-24-20(21)23)14-16-8-3-1-4-9-16/h1-6,8-11,17H,7,12-15H2. The van der Waals surface area contributed by atoms with Crippen LogP contribution in [0.5, 0.6) is 0 Å². The molecule has 1 unspecified atom stereocenters. The van der Waals surface area contributed by atoms with E-state index in [0.717, 1.165) is 17.7 Å². The molecule has 1 aliphatic rings. The summed E-state index contributed by atoms with van der Waals surface area (Å²) in [5.41, 5.74) is 1.10. The van der Waals surface area contributed by atoms with Crippen LogP contribution in [0.4, 0.5) is 4.79 Å². The van der Waals surface area contributed by atoms with E-state index in [1.54, 1.807) is 11.8 Å². The second kappa shape index (κ2) is 8.72. The fraction of sp³-hybridized carbons (Fsp3) is 0.300. The van der Waals surface area contributed by atoms with Gasteiger partial charge in [-0.25, -0.2) is 9.69 Å². The van der Waals surface area contributed by atoms with Crippen molar-refractivity contribution in [1.82, 2.24) is 4.90 Å². The van der Waals surface area contributed by atoms with Crippen LogP contribution < -0.4 is 0 Å². The first-order valence-corrected chi connectivity index (χ1v) is 9.43. The van der Waals surface area contributed by atoms with Gasteiger partial charge in [0.05, 0.1) is 6.04 Å². The highest BCUT2D eigenvalue weighted by molar-refractivity contribution is 7.99. The number of carbonyl (C=O) groups excluding carboxylic acids is 2. The Bertz CT molecular complexity index is 705. The second-order valence-corrected chi connectivity index (χ2v) is 7.12. The summed E-state index contributed by atoms with van der Waals surface area (Å²) >= 11 is 1.72. The average Bonchev–Trinajstić information content (AvgIpc) is 3.00. The van der Waals surface area contributed by atoms with Gasteiger partial charge in [0, 0.05) is 11.3 Å². The Balaban J connectivity index is 1.49. The van der Waals surface area contributed by atoms with Crippen molar-refractivity contribution in [3.63, 3.8) is 0 Å². The average molecular weight is 355 g/mol. The number of amides is 2. The lowest BCUT2D eigenvalue weighted by atomic mass is 10.1. The van der Waals surface area contributed by atoms with Crippen molar-refractivity contribution in [2.45, 2.75) is 30.2 Å². The SMILES string of the molecule is O=C(CCCSc1ccccc1)N1C(=O)OCC1Cc1ccccc1. The molecule has 0 aromatic heterocycles. The number of thioether (sulfide) groups is 1. The minimum Gasteiger partial charge on any atom is -0.447 e. The van der Waals surface area contributed by atoms with Gasteiger partial charge in [-0.05, 0) is 36.3 Å². The third kappa shape index (κ3) is 4.86. The van der Waals surface area contributed by atoms with Gasteiger partial charge in [-0.3, -0.25) is 4.79 Å². The fourth-order valence-electron chi connectivity index (χ4n) is 2.85. The zero-order chi connectivity index (χ0) is 17.5. The minimum absolute atomic E-state index is 0.142. The maximum atomic E-state index is 12.5. The van der Waals surface area contributed by atoms with Crippen molar-refractivity contribution in [1.29, 1.82) is 0 Å². The lowest BCUT2D eigenvalue weighted by molar-refractivity contribution is -0.129. The van der Waals surface area contributed by atoms with Crippen LogP contribution in [0.15, 0.2) is 65.6 Å². The lowest BCUT2D eigenvalue weighted by Gasteiger charge is -2.19. The highest BCUT2D eigenvalue weighted by atomic mass is 32.2. The molecule has 0 saturated carbocycles. The third-order valence-electron chi connectivity index (χ3n) is 4.09. The number of ether oxygens (including phenoxy) is 1. The first-order chi connectivity index (χ1) is 12.2. The monoisotopic (exact) mass is 355 g/mol. The first-order valence-electron chi connectivity index (χ1n) is 8.44. The van der Waals surface area contributed by atoms with E-state index in [9.17, 15) is 9.59 Å². The van der Waals surface area contributed by atoms with Crippen molar-refractivity contribution in [3.8, 4) is 0 Å². The molecule has 4 nitrogen and oxygen atoms in total. The molecule has 0 bridgehead atoms. The zero-order valence-electron chi connectivity index (χ0n) is 14.0. The van der Waals surface area contributed by atoms with Crippen LogP contribution in [0.3, 0.4) is 0 Å². The molecule has 130 valence electrons. The van der Waals surface area contributed by atoms with Crippen LogP contribution in [-0.4, -0.2) is 35.3 Å². The minimum atomic E-state index is -0.512. The lowest BCUT2D eigenvalue weighted by Crippen LogP contribution is -2.40. The molecule has 1 fully saturated rings. The molecule has 1 heterocycles. The van der Waals surface area contributed by atoms with Gasteiger partial charge in [0.1, 0.15) is 6.61 Å². The normalized spacial score (nSPS) is 16.7. The summed E-state index contributed by atoms with van der Waals surface area (Å²) in [7, 11) is 0. The molecule has 25 heavy (non-hydrogen) atoms. The largest absolute Gasteiger partial charge is 0.447 e. The van der Waals surface area contributed by atoms with Crippen LogP contribution >= 0.6 is 11.8 Å². The number of benzene rings is 2. The Labute approximate surface area is 152 Å². The topological polar surface area (TPSA) is 46.6 Å². The van der Waals surface area contributed by atoms with Gasteiger partial charge in [-0.15, -0.1) is 11.8 Å². The zero-order valence-corrected chi connectivity index (χ0v) is 14.8. The summed E-state index contributed by atoms with van der Waals surface area (Å²) in [6.07, 6.45) is 1.22. The van der Waals surface area contributed by atoms with E-state index in [1.165, 1.54) is 9.80 Å². The quantitative estimate of drug-likeness (QED) is 0.553. The van der Waals surface area contributed by atoms with Crippen molar-refractivity contribution >= 4 is 23.8 Å². The number of carbonyl (C=O) groups is 2.